The first-order valence-corrected chi connectivity index (χ1v) is 22.9. The first-order valence-electron chi connectivity index (χ1n) is 22.9. The molecule has 0 heterocycles. The van der Waals surface area contributed by atoms with Gasteiger partial charge in [0.25, 0.3) is 0 Å². The van der Waals surface area contributed by atoms with E-state index in [1.807, 2.05) is 0 Å². The van der Waals surface area contributed by atoms with Gasteiger partial charge in [-0.05, 0) is 158 Å². The number of para-hydroxylation sites is 3. The fourth-order valence-corrected chi connectivity index (χ4v) is 10.0. The predicted molar refractivity (Wildman–Crippen MR) is 280 cm³/mol. The van der Waals surface area contributed by atoms with Gasteiger partial charge >= 0.3 is 0 Å². The number of aryl methyl sites for hydroxylation is 1. The highest BCUT2D eigenvalue weighted by Crippen LogP contribution is 2.51. The Morgan fingerprint density at radius 3 is 1.18 bits per heavy atom. The third-order valence-electron chi connectivity index (χ3n) is 13.4. The van der Waals surface area contributed by atoms with Gasteiger partial charge in [0.15, 0.2) is 0 Å². The lowest BCUT2D eigenvalue weighted by atomic mass is 9.82. The molecule has 0 unspecified atom stereocenters. The molecule has 1 aliphatic rings. The number of hydrogen-bond acceptors (Lipinski definition) is 2. The Bertz CT molecular complexity index is 3300. The van der Waals surface area contributed by atoms with Gasteiger partial charge < -0.3 is 9.80 Å². The monoisotopic (exact) mass is 846 g/mol. The summed E-state index contributed by atoms with van der Waals surface area (Å²) in [5.74, 6) is 0. The summed E-state index contributed by atoms with van der Waals surface area (Å²) < 4.78 is 0. The van der Waals surface area contributed by atoms with Crippen molar-refractivity contribution in [1.82, 2.24) is 0 Å². The van der Waals surface area contributed by atoms with Crippen molar-refractivity contribution in [3.63, 3.8) is 0 Å². The minimum Gasteiger partial charge on any atom is -0.310 e. The van der Waals surface area contributed by atoms with Crippen molar-refractivity contribution in [2.75, 3.05) is 9.80 Å². The van der Waals surface area contributed by atoms with Crippen LogP contribution in [0.5, 0.6) is 0 Å². The number of anilines is 6. The van der Waals surface area contributed by atoms with E-state index in [9.17, 15) is 0 Å². The second-order valence-electron chi connectivity index (χ2n) is 17.8. The molecule has 0 N–H and O–H groups in total. The van der Waals surface area contributed by atoms with Gasteiger partial charge in [0, 0.05) is 39.5 Å². The van der Waals surface area contributed by atoms with Gasteiger partial charge in [-0.15, -0.1) is 0 Å². The van der Waals surface area contributed by atoms with Crippen molar-refractivity contribution in [2.45, 2.75) is 26.2 Å². The lowest BCUT2D eigenvalue weighted by Crippen LogP contribution is -2.16. The zero-order valence-electron chi connectivity index (χ0n) is 37.6. The molecule has 2 heteroatoms. The number of fused-ring (bicyclic) bond motifs is 3. The van der Waals surface area contributed by atoms with Crippen molar-refractivity contribution < 1.29 is 0 Å². The first-order chi connectivity index (χ1) is 32.4. The van der Waals surface area contributed by atoms with E-state index >= 15 is 0 Å². The summed E-state index contributed by atoms with van der Waals surface area (Å²) in [6, 6.07) is 90.6. The Morgan fingerprint density at radius 2 is 0.652 bits per heavy atom. The Morgan fingerprint density at radius 1 is 0.273 bits per heavy atom. The molecule has 0 amide bonds. The fourth-order valence-electron chi connectivity index (χ4n) is 10.0. The molecule has 0 aromatic heterocycles. The van der Waals surface area contributed by atoms with Crippen molar-refractivity contribution in [3.8, 4) is 55.6 Å². The maximum absolute atomic E-state index is 2.41. The fraction of sp³-hybridized carbons (Fsp3) is 0.0625. The van der Waals surface area contributed by atoms with Gasteiger partial charge in [0.05, 0.1) is 0 Å². The predicted octanol–water partition coefficient (Wildman–Crippen LogP) is 17.9. The zero-order chi connectivity index (χ0) is 44.6. The summed E-state index contributed by atoms with van der Waals surface area (Å²) in [5.41, 5.74) is 22.7. The molecule has 10 aromatic rings. The molecule has 316 valence electrons. The van der Waals surface area contributed by atoms with Gasteiger partial charge in [-0.3, -0.25) is 0 Å². The summed E-state index contributed by atoms with van der Waals surface area (Å²) in [6.07, 6.45) is 0. The van der Waals surface area contributed by atoms with Crippen LogP contribution >= 0.6 is 0 Å². The largest absolute Gasteiger partial charge is 0.310 e. The Balaban J connectivity index is 1.03. The third-order valence-corrected chi connectivity index (χ3v) is 13.4. The van der Waals surface area contributed by atoms with Crippen LogP contribution in [0.1, 0.15) is 30.5 Å². The highest BCUT2D eigenvalue weighted by atomic mass is 15.1. The summed E-state index contributed by atoms with van der Waals surface area (Å²) in [7, 11) is 0. The molecule has 0 spiro atoms. The van der Waals surface area contributed by atoms with Gasteiger partial charge in [-0.2, -0.15) is 0 Å². The van der Waals surface area contributed by atoms with Crippen LogP contribution < -0.4 is 9.80 Å². The van der Waals surface area contributed by atoms with Crippen LogP contribution in [0.2, 0.25) is 0 Å². The first kappa shape index (κ1) is 40.6. The summed E-state index contributed by atoms with van der Waals surface area (Å²) >= 11 is 0. The van der Waals surface area contributed by atoms with E-state index in [-0.39, 0.29) is 5.41 Å². The molecule has 0 aliphatic heterocycles. The normalized spacial score (nSPS) is 12.3. The summed E-state index contributed by atoms with van der Waals surface area (Å²) in [5, 5.41) is 0. The minimum absolute atomic E-state index is 0.101. The van der Waals surface area contributed by atoms with Crippen LogP contribution in [-0.4, -0.2) is 0 Å². The van der Waals surface area contributed by atoms with E-state index in [2.05, 4.69) is 279 Å². The second-order valence-corrected chi connectivity index (χ2v) is 17.8. The maximum atomic E-state index is 2.41. The molecule has 0 atom stereocenters. The van der Waals surface area contributed by atoms with Gasteiger partial charge in [-0.1, -0.05) is 184 Å². The zero-order valence-corrected chi connectivity index (χ0v) is 37.6. The van der Waals surface area contributed by atoms with E-state index in [0.717, 1.165) is 45.3 Å². The molecule has 2 nitrogen and oxygen atoms in total. The Kier molecular flexibility index (Phi) is 10.5. The van der Waals surface area contributed by atoms with Crippen LogP contribution in [0.25, 0.3) is 55.6 Å². The molecule has 11 rings (SSSR count). The van der Waals surface area contributed by atoms with Crippen LogP contribution in [0.4, 0.5) is 34.1 Å². The van der Waals surface area contributed by atoms with Crippen LogP contribution in [0.3, 0.4) is 0 Å². The van der Waals surface area contributed by atoms with E-state index in [1.54, 1.807) is 0 Å². The molecule has 0 fully saturated rings. The molecule has 0 saturated heterocycles. The van der Waals surface area contributed by atoms with Crippen LogP contribution in [0, 0.1) is 6.92 Å². The van der Waals surface area contributed by atoms with Gasteiger partial charge in [0.2, 0.25) is 0 Å². The second kappa shape index (κ2) is 17.1. The average molecular weight is 847 g/mol. The Hall–Kier alpha value is -8.20. The van der Waals surface area contributed by atoms with Crippen molar-refractivity contribution in [2.24, 2.45) is 0 Å². The third kappa shape index (κ3) is 7.37. The van der Waals surface area contributed by atoms with Crippen LogP contribution in [0.15, 0.2) is 249 Å². The molecule has 0 bridgehead atoms. The lowest BCUT2D eigenvalue weighted by Gasteiger charge is -2.28. The number of rotatable bonds is 10. The Labute approximate surface area is 389 Å². The van der Waals surface area contributed by atoms with E-state index in [1.165, 1.54) is 61.2 Å². The quantitative estimate of drug-likeness (QED) is 0.135. The highest BCUT2D eigenvalue weighted by molar-refractivity contribution is 5.96. The molecule has 0 radical (unpaired) electrons. The van der Waals surface area contributed by atoms with Crippen molar-refractivity contribution in [1.29, 1.82) is 0 Å². The SMILES string of the molecule is Cc1ccccc1N(c1ccccc1)c1ccc(-c2cc(-c3ccccc3)c(-c3ccc(N(c4ccccc4)c4ccc5c(c4)C(C)(C)c4ccccc4-5)cc3)cc2-c2ccccc2)cc1. The lowest BCUT2D eigenvalue weighted by molar-refractivity contribution is 0.660. The van der Waals surface area contributed by atoms with Crippen molar-refractivity contribution >= 4 is 34.1 Å². The van der Waals surface area contributed by atoms with E-state index in [4.69, 9.17) is 0 Å². The molecule has 10 aromatic carbocycles. The average Bonchev–Trinajstić information content (AvgIpc) is 3.61. The smallest absolute Gasteiger partial charge is 0.0490 e. The van der Waals surface area contributed by atoms with Gasteiger partial charge in [-0.25, -0.2) is 0 Å². The number of nitrogens with zero attached hydrogens (tertiary/aromatic N) is 2. The van der Waals surface area contributed by atoms with E-state index < -0.39 is 0 Å². The summed E-state index contributed by atoms with van der Waals surface area (Å²) in [4.78, 5) is 4.74. The molecular weight excluding hydrogens is 797 g/mol. The molecule has 0 saturated carbocycles. The van der Waals surface area contributed by atoms with Crippen LogP contribution in [-0.2, 0) is 5.41 Å². The molecule has 66 heavy (non-hydrogen) atoms. The topological polar surface area (TPSA) is 6.48 Å². The number of benzene rings is 10. The maximum Gasteiger partial charge on any atom is 0.0490 e. The van der Waals surface area contributed by atoms with E-state index in [0.29, 0.717) is 0 Å². The minimum atomic E-state index is -0.101. The molecular formula is C64H50N2. The standard InChI is InChI=1S/C64H50N2/c1-45-20-16-19-31-63(45)66(51-27-14-7-15-28-51)53-38-34-49(35-39-53)60-44-57(46-21-8-4-9-22-46)59(43-58(60)47-23-10-5-11-24-47)48-32-36-52(37-33-48)65(50-25-12-6-13-26-50)54-40-41-56-55-29-17-18-30-61(55)64(2,3)62(56)42-54/h4-44H,1-3H3. The van der Waals surface area contributed by atoms with Gasteiger partial charge in [0.1, 0.15) is 0 Å². The highest BCUT2D eigenvalue weighted by Gasteiger charge is 2.35. The summed E-state index contributed by atoms with van der Waals surface area (Å²) in [6.45, 7) is 6.88. The van der Waals surface area contributed by atoms with Crippen molar-refractivity contribution in [3.05, 3.63) is 265 Å². The number of hydrogen-bond donors (Lipinski definition) is 0. The molecule has 1 aliphatic carbocycles.